The Balaban J connectivity index is 1.67. The SMILES string of the molecule is CCCCCCCCC(=O)OC(C)COc1ccc(-c2ccc(OCCCCCC)cc2)cc1. The minimum absolute atomic E-state index is 0.129. The molecule has 0 N–H and O–H groups in total. The fourth-order valence-electron chi connectivity index (χ4n) is 3.79. The first-order valence-electron chi connectivity index (χ1n) is 13.3. The second kappa shape index (κ2) is 17.0. The number of esters is 1. The molecule has 0 aromatic heterocycles. The minimum Gasteiger partial charge on any atom is -0.494 e. The van der Waals surface area contributed by atoms with Crippen LogP contribution in [0.5, 0.6) is 11.5 Å². The number of carbonyl (C=O) groups excluding carboxylic acids is 1. The molecule has 34 heavy (non-hydrogen) atoms. The van der Waals surface area contributed by atoms with Gasteiger partial charge in [-0.25, -0.2) is 0 Å². The van der Waals surface area contributed by atoms with Gasteiger partial charge >= 0.3 is 5.97 Å². The summed E-state index contributed by atoms with van der Waals surface area (Å²) in [6.45, 7) is 7.43. The number of carbonyl (C=O) groups is 1. The predicted octanol–water partition coefficient (Wildman–Crippen LogP) is 8.37. The summed E-state index contributed by atoms with van der Waals surface area (Å²) in [5, 5.41) is 0. The van der Waals surface area contributed by atoms with Crippen molar-refractivity contribution in [2.45, 2.75) is 97.5 Å². The molecule has 0 aliphatic carbocycles. The fourth-order valence-corrected chi connectivity index (χ4v) is 3.79. The van der Waals surface area contributed by atoms with Crippen molar-refractivity contribution in [2.24, 2.45) is 0 Å². The first kappa shape index (κ1) is 27.8. The summed E-state index contributed by atoms with van der Waals surface area (Å²) < 4.78 is 17.1. The van der Waals surface area contributed by atoms with Crippen molar-refractivity contribution in [3.63, 3.8) is 0 Å². The minimum atomic E-state index is -0.262. The zero-order chi connectivity index (χ0) is 24.4. The van der Waals surface area contributed by atoms with Crippen molar-refractivity contribution in [1.29, 1.82) is 0 Å². The highest BCUT2D eigenvalue weighted by Crippen LogP contribution is 2.25. The Bertz CT molecular complexity index is 782. The second-order valence-electron chi connectivity index (χ2n) is 9.09. The average Bonchev–Trinajstić information content (AvgIpc) is 2.85. The molecule has 0 amide bonds. The molecule has 0 aliphatic heterocycles. The summed E-state index contributed by atoms with van der Waals surface area (Å²) in [7, 11) is 0. The van der Waals surface area contributed by atoms with E-state index in [9.17, 15) is 4.79 Å². The molecule has 4 heteroatoms. The third kappa shape index (κ3) is 11.6. The molecule has 1 unspecified atom stereocenters. The smallest absolute Gasteiger partial charge is 0.306 e. The van der Waals surface area contributed by atoms with Gasteiger partial charge < -0.3 is 14.2 Å². The van der Waals surface area contributed by atoms with Crippen LogP contribution in [0.15, 0.2) is 48.5 Å². The molecule has 188 valence electrons. The zero-order valence-electron chi connectivity index (χ0n) is 21.5. The van der Waals surface area contributed by atoms with E-state index >= 15 is 0 Å². The molecule has 0 saturated heterocycles. The van der Waals surface area contributed by atoms with E-state index in [0.29, 0.717) is 13.0 Å². The van der Waals surface area contributed by atoms with Crippen molar-refractivity contribution in [3.05, 3.63) is 48.5 Å². The highest BCUT2D eigenvalue weighted by atomic mass is 16.6. The molecule has 4 nitrogen and oxygen atoms in total. The predicted molar refractivity (Wildman–Crippen MR) is 141 cm³/mol. The van der Waals surface area contributed by atoms with Crippen LogP contribution in [0.1, 0.15) is 91.4 Å². The lowest BCUT2D eigenvalue weighted by Gasteiger charge is -2.15. The standard InChI is InChI=1S/C30H44O4/c1-4-6-8-10-11-12-14-30(31)34-25(3)24-33-29-21-17-27(18-22-29)26-15-19-28(20-16-26)32-23-13-9-7-5-2/h15-22,25H,4-14,23-24H2,1-3H3. The van der Waals surface area contributed by atoms with E-state index in [1.165, 1.54) is 44.9 Å². The van der Waals surface area contributed by atoms with Crippen LogP contribution in [0.4, 0.5) is 0 Å². The molecule has 0 spiro atoms. The van der Waals surface area contributed by atoms with Gasteiger partial charge in [0.15, 0.2) is 0 Å². The summed E-state index contributed by atoms with van der Waals surface area (Å²) in [4.78, 5) is 12.0. The van der Waals surface area contributed by atoms with E-state index in [0.717, 1.165) is 48.5 Å². The number of rotatable bonds is 18. The Hall–Kier alpha value is -2.49. The number of hydrogen-bond donors (Lipinski definition) is 0. The molecule has 2 aromatic carbocycles. The van der Waals surface area contributed by atoms with Gasteiger partial charge in [-0.1, -0.05) is 89.5 Å². The first-order chi connectivity index (χ1) is 16.6. The Labute approximate surface area is 207 Å². The third-order valence-corrected chi connectivity index (χ3v) is 5.86. The van der Waals surface area contributed by atoms with Gasteiger partial charge in [-0.15, -0.1) is 0 Å². The van der Waals surface area contributed by atoms with Crippen LogP contribution < -0.4 is 9.47 Å². The van der Waals surface area contributed by atoms with Crippen molar-refractivity contribution >= 4 is 5.97 Å². The number of benzene rings is 2. The Morgan fingerprint density at radius 3 is 1.76 bits per heavy atom. The quantitative estimate of drug-likeness (QED) is 0.163. The van der Waals surface area contributed by atoms with Crippen LogP contribution in [-0.2, 0) is 9.53 Å². The molecular formula is C30H44O4. The van der Waals surface area contributed by atoms with Gasteiger partial charge in [0.25, 0.3) is 0 Å². The highest BCUT2D eigenvalue weighted by Gasteiger charge is 2.10. The number of hydrogen-bond acceptors (Lipinski definition) is 4. The van der Waals surface area contributed by atoms with E-state index < -0.39 is 0 Å². The van der Waals surface area contributed by atoms with Gasteiger partial charge in [0.05, 0.1) is 6.61 Å². The van der Waals surface area contributed by atoms with Gasteiger partial charge in [-0.2, -0.15) is 0 Å². The van der Waals surface area contributed by atoms with Crippen molar-refractivity contribution in [3.8, 4) is 22.6 Å². The second-order valence-corrected chi connectivity index (χ2v) is 9.09. The van der Waals surface area contributed by atoms with Crippen LogP contribution in [-0.4, -0.2) is 25.3 Å². The molecule has 2 rings (SSSR count). The number of unbranched alkanes of at least 4 members (excludes halogenated alkanes) is 8. The lowest BCUT2D eigenvalue weighted by Crippen LogP contribution is -2.21. The first-order valence-corrected chi connectivity index (χ1v) is 13.3. The molecule has 1 atom stereocenters. The molecule has 0 saturated carbocycles. The lowest BCUT2D eigenvalue weighted by molar-refractivity contribution is -0.149. The highest BCUT2D eigenvalue weighted by molar-refractivity contribution is 5.69. The van der Waals surface area contributed by atoms with Gasteiger partial charge in [0.2, 0.25) is 0 Å². The van der Waals surface area contributed by atoms with Crippen LogP contribution in [0.25, 0.3) is 11.1 Å². The monoisotopic (exact) mass is 468 g/mol. The van der Waals surface area contributed by atoms with Crippen LogP contribution in [0.3, 0.4) is 0 Å². The van der Waals surface area contributed by atoms with Gasteiger partial charge in [-0.3, -0.25) is 4.79 Å². The Kier molecular flexibility index (Phi) is 13.9. The Morgan fingerprint density at radius 1 is 0.676 bits per heavy atom. The lowest BCUT2D eigenvalue weighted by atomic mass is 10.1. The van der Waals surface area contributed by atoms with E-state index in [-0.39, 0.29) is 12.1 Å². The maximum absolute atomic E-state index is 12.0. The molecule has 0 radical (unpaired) electrons. The molecule has 0 aliphatic rings. The van der Waals surface area contributed by atoms with E-state index in [2.05, 4.69) is 26.0 Å². The molecule has 0 heterocycles. The van der Waals surface area contributed by atoms with Crippen LogP contribution in [0.2, 0.25) is 0 Å². The summed E-state index contributed by atoms with van der Waals surface area (Å²) in [5.74, 6) is 1.56. The van der Waals surface area contributed by atoms with Crippen molar-refractivity contribution in [2.75, 3.05) is 13.2 Å². The third-order valence-electron chi connectivity index (χ3n) is 5.86. The summed E-state index contributed by atoms with van der Waals surface area (Å²) in [6, 6.07) is 16.2. The normalized spacial score (nSPS) is 11.7. The van der Waals surface area contributed by atoms with Crippen LogP contribution in [0, 0.1) is 0 Å². The maximum Gasteiger partial charge on any atom is 0.306 e. The topological polar surface area (TPSA) is 44.8 Å². The van der Waals surface area contributed by atoms with Crippen molar-refractivity contribution in [1.82, 2.24) is 0 Å². The molecular weight excluding hydrogens is 424 g/mol. The van der Waals surface area contributed by atoms with E-state index in [1.54, 1.807) is 0 Å². The Morgan fingerprint density at radius 2 is 1.18 bits per heavy atom. The summed E-state index contributed by atoms with van der Waals surface area (Å²) in [6.07, 6.45) is 12.1. The molecule has 0 bridgehead atoms. The summed E-state index contributed by atoms with van der Waals surface area (Å²) >= 11 is 0. The summed E-state index contributed by atoms with van der Waals surface area (Å²) in [5.41, 5.74) is 2.27. The fraction of sp³-hybridized carbons (Fsp3) is 0.567. The van der Waals surface area contributed by atoms with Gasteiger partial charge in [0.1, 0.15) is 24.2 Å². The maximum atomic E-state index is 12.0. The van der Waals surface area contributed by atoms with Crippen LogP contribution >= 0.6 is 0 Å². The van der Waals surface area contributed by atoms with Gasteiger partial charge in [0, 0.05) is 6.42 Å². The molecule has 2 aromatic rings. The molecule has 0 fully saturated rings. The number of ether oxygens (including phenoxy) is 3. The van der Waals surface area contributed by atoms with Gasteiger partial charge in [-0.05, 0) is 55.2 Å². The van der Waals surface area contributed by atoms with Crippen molar-refractivity contribution < 1.29 is 19.0 Å². The van der Waals surface area contributed by atoms with E-state index in [1.807, 2.05) is 43.3 Å². The average molecular weight is 469 g/mol. The van der Waals surface area contributed by atoms with E-state index in [4.69, 9.17) is 14.2 Å². The largest absolute Gasteiger partial charge is 0.494 e. The zero-order valence-corrected chi connectivity index (χ0v) is 21.5.